The van der Waals surface area contributed by atoms with Crippen LogP contribution >= 0.6 is 12.2 Å². The summed E-state index contributed by atoms with van der Waals surface area (Å²) < 4.78 is 2.14. The van der Waals surface area contributed by atoms with Crippen LogP contribution in [0.4, 0.5) is 0 Å². The highest BCUT2D eigenvalue weighted by Gasteiger charge is 2.17. The predicted molar refractivity (Wildman–Crippen MR) is 112 cm³/mol. The summed E-state index contributed by atoms with van der Waals surface area (Å²) in [7, 11) is 0. The molecule has 0 amide bonds. The third-order valence-electron chi connectivity index (χ3n) is 4.77. The molecule has 1 radical (unpaired) electrons. The Bertz CT molecular complexity index is 967. The Kier molecular flexibility index (Phi) is 5.07. The molecule has 0 aliphatic heterocycles. The largest absolute Gasteiger partial charge is 0.337 e. The van der Waals surface area contributed by atoms with E-state index in [1.165, 1.54) is 27.8 Å². The van der Waals surface area contributed by atoms with Gasteiger partial charge >= 0.3 is 0 Å². The van der Waals surface area contributed by atoms with Gasteiger partial charge in [-0.1, -0.05) is 72.9 Å². The van der Waals surface area contributed by atoms with Gasteiger partial charge in [0.25, 0.3) is 0 Å². The zero-order valence-corrected chi connectivity index (χ0v) is 15.5. The number of fused-ring (bicyclic) bond motifs is 1. The van der Waals surface area contributed by atoms with E-state index in [9.17, 15) is 0 Å². The molecule has 0 atom stereocenters. The second-order valence-electron chi connectivity index (χ2n) is 6.77. The number of rotatable bonds is 6. The van der Waals surface area contributed by atoms with E-state index in [0.717, 1.165) is 30.7 Å². The van der Waals surface area contributed by atoms with Gasteiger partial charge in [-0.2, -0.15) is 0 Å². The highest BCUT2D eigenvalue weighted by Crippen LogP contribution is 2.26. The first-order valence-corrected chi connectivity index (χ1v) is 9.35. The smallest absolute Gasteiger partial charge is 0.0946 e. The van der Waals surface area contributed by atoms with E-state index in [-0.39, 0.29) is 0 Å². The number of nitrogens with zero attached hydrogens (tertiary/aromatic N) is 2. The Hall–Kier alpha value is -2.52. The van der Waals surface area contributed by atoms with Gasteiger partial charge in [-0.15, -0.1) is 0 Å². The van der Waals surface area contributed by atoms with Gasteiger partial charge in [0.2, 0.25) is 0 Å². The van der Waals surface area contributed by atoms with Gasteiger partial charge in [0, 0.05) is 36.1 Å². The van der Waals surface area contributed by atoms with Crippen LogP contribution in [-0.2, 0) is 13.0 Å². The zero-order chi connectivity index (χ0) is 17.8. The number of benzene rings is 2. The van der Waals surface area contributed by atoms with Crippen LogP contribution in [0.15, 0.2) is 85.0 Å². The van der Waals surface area contributed by atoms with Crippen LogP contribution in [0.3, 0.4) is 0 Å². The molecule has 0 saturated heterocycles. The summed E-state index contributed by atoms with van der Waals surface area (Å²) in [5.74, 6) is 1.45. The molecule has 0 spiro atoms. The normalized spacial score (nSPS) is 14.2. The van der Waals surface area contributed by atoms with Crippen LogP contribution in [0.25, 0.3) is 10.8 Å². The van der Waals surface area contributed by atoms with Crippen molar-refractivity contribution in [3.8, 4) is 0 Å². The summed E-state index contributed by atoms with van der Waals surface area (Å²) >= 11 is 5.57. The molecule has 129 valence electrons. The molecule has 1 heterocycles. The maximum Gasteiger partial charge on any atom is 0.0946 e. The van der Waals surface area contributed by atoms with E-state index >= 15 is 0 Å². The Labute approximate surface area is 159 Å². The van der Waals surface area contributed by atoms with Crippen molar-refractivity contribution in [1.29, 1.82) is 0 Å². The van der Waals surface area contributed by atoms with Crippen molar-refractivity contribution in [1.82, 2.24) is 9.55 Å². The molecular formula is C23H21N2S. The molecule has 2 nitrogen and oxygen atoms in total. The van der Waals surface area contributed by atoms with Crippen molar-refractivity contribution < 1.29 is 0 Å². The van der Waals surface area contributed by atoms with Crippen LogP contribution in [0.2, 0.25) is 0 Å². The molecule has 26 heavy (non-hydrogen) atoms. The van der Waals surface area contributed by atoms with Crippen LogP contribution in [0.1, 0.15) is 18.4 Å². The Balaban J connectivity index is 1.57. The Morgan fingerprint density at radius 2 is 1.96 bits per heavy atom. The standard InChI is InChI=1S/C23H21N2S/c26-23-8-4-3-7-22(23)15-19(16-25-12-11-24-17-25)13-18-9-10-20-5-1-2-6-21(20)14-18/h1-7,9-12,14,17H,8,13,15-16H2. The minimum Gasteiger partial charge on any atom is -0.337 e. The van der Waals surface area contributed by atoms with Crippen LogP contribution in [0, 0.1) is 5.92 Å². The summed E-state index contributed by atoms with van der Waals surface area (Å²) in [5.41, 5.74) is 2.62. The van der Waals surface area contributed by atoms with E-state index in [1.807, 2.05) is 18.7 Å². The molecule has 0 bridgehead atoms. The summed E-state index contributed by atoms with van der Waals surface area (Å²) in [6, 6.07) is 15.3. The topological polar surface area (TPSA) is 17.8 Å². The fraction of sp³-hybridized carbons (Fsp3) is 0.174. The highest BCUT2D eigenvalue weighted by atomic mass is 32.1. The summed E-state index contributed by atoms with van der Waals surface area (Å²) in [6.45, 7) is 0.872. The number of imidazole rings is 1. The predicted octanol–water partition coefficient (Wildman–Crippen LogP) is 5.50. The molecule has 1 aliphatic carbocycles. The van der Waals surface area contributed by atoms with Gasteiger partial charge in [0.05, 0.1) is 6.33 Å². The monoisotopic (exact) mass is 357 g/mol. The molecule has 1 aliphatic rings. The lowest BCUT2D eigenvalue weighted by Crippen LogP contribution is -2.14. The molecule has 4 rings (SSSR count). The third kappa shape index (κ3) is 4.00. The van der Waals surface area contributed by atoms with E-state index in [1.54, 1.807) is 0 Å². The van der Waals surface area contributed by atoms with Gasteiger partial charge in [-0.05, 0) is 34.8 Å². The minimum absolute atomic E-state index is 0.872. The lowest BCUT2D eigenvalue weighted by atomic mass is 9.88. The van der Waals surface area contributed by atoms with Crippen molar-refractivity contribution in [2.75, 3.05) is 0 Å². The van der Waals surface area contributed by atoms with Gasteiger partial charge in [-0.25, -0.2) is 4.98 Å². The van der Waals surface area contributed by atoms with E-state index in [2.05, 4.69) is 70.2 Å². The molecule has 0 unspecified atom stereocenters. The first kappa shape index (κ1) is 16.9. The Morgan fingerprint density at radius 1 is 1.08 bits per heavy atom. The molecule has 0 saturated carbocycles. The first-order valence-electron chi connectivity index (χ1n) is 8.94. The number of allylic oxidation sites excluding steroid dienone is 4. The van der Waals surface area contributed by atoms with Crippen LogP contribution < -0.4 is 0 Å². The average Bonchev–Trinajstić information content (AvgIpc) is 3.16. The molecule has 0 N–H and O–H groups in total. The van der Waals surface area contributed by atoms with Crippen molar-refractivity contribution in [2.45, 2.75) is 25.8 Å². The second-order valence-corrected chi connectivity index (χ2v) is 7.26. The molecule has 2 aromatic carbocycles. The van der Waals surface area contributed by atoms with Gasteiger partial charge < -0.3 is 4.57 Å². The van der Waals surface area contributed by atoms with Crippen LogP contribution in [-0.4, -0.2) is 14.4 Å². The second kappa shape index (κ2) is 7.79. The Morgan fingerprint density at radius 3 is 2.77 bits per heavy atom. The number of aromatic nitrogens is 2. The fourth-order valence-electron chi connectivity index (χ4n) is 3.46. The van der Waals surface area contributed by atoms with Crippen molar-refractivity contribution in [3.63, 3.8) is 0 Å². The average molecular weight is 358 g/mol. The quantitative estimate of drug-likeness (QED) is 0.542. The van der Waals surface area contributed by atoms with Crippen molar-refractivity contribution >= 4 is 27.9 Å². The van der Waals surface area contributed by atoms with Crippen molar-refractivity contribution in [2.24, 2.45) is 0 Å². The van der Waals surface area contributed by atoms with E-state index in [4.69, 9.17) is 12.2 Å². The van der Waals surface area contributed by atoms with Gasteiger partial charge in [-0.3, -0.25) is 0 Å². The SMILES string of the molecule is S=C1CC=CC=C1C[C](Cc1ccc2ccccc2c1)Cn1ccnc1. The maximum absolute atomic E-state index is 5.57. The highest BCUT2D eigenvalue weighted by molar-refractivity contribution is 7.80. The molecule has 0 fully saturated rings. The first-order chi connectivity index (χ1) is 12.8. The van der Waals surface area contributed by atoms with E-state index < -0.39 is 0 Å². The number of hydrogen-bond acceptors (Lipinski definition) is 2. The minimum atomic E-state index is 0.872. The summed E-state index contributed by atoms with van der Waals surface area (Å²) in [4.78, 5) is 5.25. The van der Waals surface area contributed by atoms with Crippen LogP contribution in [0.5, 0.6) is 0 Å². The lowest BCUT2D eigenvalue weighted by molar-refractivity contribution is 0.651. The number of hydrogen-bond donors (Lipinski definition) is 0. The maximum atomic E-state index is 5.57. The molecule has 1 aromatic heterocycles. The fourth-order valence-corrected chi connectivity index (χ4v) is 3.70. The summed E-state index contributed by atoms with van der Waals surface area (Å²) in [5, 5.41) is 2.58. The molecule has 3 aromatic rings. The zero-order valence-electron chi connectivity index (χ0n) is 14.6. The van der Waals surface area contributed by atoms with Crippen molar-refractivity contribution in [3.05, 3.63) is 96.5 Å². The van der Waals surface area contributed by atoms with E-state index in [0.29, 0.717) is 0 Å². The third-order valence-corrected chi connectivity index (χ3v) is 5.20. The van der Waals surface area contributed by atoms with Gasteiger partial charge in [0.1, 0.15) is 0 Å². The lowest BCUT2D eigenvalue weighted by Gasteiger charge is -2.20. The number of thiocarbonyl (C=S) groups is 1. The molecular weight excluding hydrogens is 336 g/mol. The summed E-state index contributed by atoms with van der Waals surface area (Å²) in [6.07, 6.45) is 14.9. The van der Waals surface area contributed by atoms with Gasteiger partial charge in [0.15, 0.2) is 0 Å². The molecule has 3 heteroatoms.